The molecule has 1 rings (SSSR count). The van der Waals surface area contributed by atoms with Crippen LogP contribution in [0.5, 0.6) is 0 Å². The molecule has 0 aliphatic heterocycles. The van der Waals surface area contributed by atoms with Gasteiger partial charge < -0.3 is 10.6 Å². The van der Waals surface area contributed by atoms with Crippen molar-refractivity contribution in [2.24, 2.45) is 0 Å². The Balaban J connectivity index is 2.84. The number of anilines is 2. The summed E-state index contributed by atoms with van der Waals surface area (Å²) in [5.41, 5.74) is 0. The van der Waals surface area contributed by atoms with Crippen molar-refractivity contribution in [2.75, 3.05) is 17.2 Å². The van der Waals surface area contributed by atoms with Gasteiger partial charge in [-0.25, -0.2) is 4.98 Å². The lowest BCUT2D eigenvalue weighted by Gasteiger charge is -2.11. The van der Waals surface area contributed by atoms with E-state index in [9.17, 15) is 0 Å². The van der Waals surface area contributed by atoms with Crippen LogP contribution in [-0.4, -0.2) is 22.6 Å². The molecule has 4 nitrogen and oxygen atoms in total. The zero-order valence-corrected chi connectivity index (χ0v) is 9.39. The second-order valence-corrected chi connectivity index (χ2v) is 3.63. The maximum atomic E-state index is 5.93. The molecular formula is C9H15ClN4. The van der Waals surface area contributed by atoms with E-state index in [1.54, 1.807) is 6.20 Å². The molecule has 0 saturated heterocycles. The molecule has 0 amide bonds. The maximum Gasteiger partial charge on any atom is 0.224 e. The van der Waals surface area contributed by atoms with E-state index in [0.29, 0.717) is 22.8 Å². The van der Waals surface area contributed by atoms with Crippen molar-refractivity contribution in [1.82, 2.24) is 9.97 Å². The Labute approximate surface area is 89.1 Å². The van der Waals surface area contributed by atoms with E-state index in [-0.39, 0.29) is 0 Å². The molecular weight excluding hydrogens is 200 g/mol. The van der Waals surface area contributed by atoms with Gasteiger partial charge in [0.15, 0.2) is 5.82 Å². The fourth-order valence-electron chi connectivity index (χ4n) is 0.985. The number of hydrogen-bond donors (Lipinski definition) is 2. The first-order valence-electron chi connectivity index (χ1n) is 4.66. The summed E-state index contributed by atoms with van der Waals surface area (Å²) in [6.07, 6.45) is 1.59. The van der Waals surface area contributed by atoms with Gasteiger partial charge in [0.25, 0.3) is 0 Å². The summed E-state index contributed by atoms with van der Waals surface area (Å²) in [5, 5.41) is 6.72. The Morgan fingerprint density at radius 2 is 2.21 bits per heavy atom. The third-order valence-electron chi connectivity index (χ3n) is 1.50. The Hall–Kier alpha value is -1.03. The molecule has 1 aromatic rings. The van der Waals surface area contributed by atoms with Gasteiger partial charge in [0.2, 0.25) is 5.95 Å². The molecule has 0 saturated carbocycles. The standard InChI is InChI=1S/C9H15ClN4/c1-4-11-9-12-5-7(10)8(14-9)13-6(2)3/h5-6H,4H2,1-3H3,(H2,11,12,13,14). The van der Waals surface area contributed by atoms with E-state index in [1.807, 2.05) is 20.8 Å². The van der Waals surface area contributed by atoms with E-state index in [1.165, 1.54) is 0 Å². The largest absolute Gasteiger partial charge is 0.366 e. The molecule has 14 heavy (non-hydrogen) atoms. The van der Waals surface area contributed by atoms with Crippen LogP contribution in [0.15, 0.2) is 6.20 Å². The van der Waals surface area contributed by atoms with Crippen molar-refractivity contribution in [2.45, 2.75) is 26.8 Å². The van der Waals surface area contributed by atoms with Gasteiger partial charge in [0.1, 0.15) is 5.02 Å². The Morgan fingerprint density at radius 1 is 1.50 bits per heavy atom. The molecule has 0 atom stereocenters. The van der Waals surface area contributed by atoms with E-state index in [4.69, 9.17) is 11.6 Å². The molecule has 0 aliphatic carbocycles. The van der Waals surface area contributed by atoms with Gasteiger partial charge in [0.05, 0.1) is 6.20 Å². The molecule has 0 bridgehead atoms. The summed E-state index contributed by atoms with van der Waals surface area (Å²) in [5.74, 6) is 1.27. The summed E-state index contributed by atoms with van der Waals surface area (Å²) < 4.78 is 0. The highest BCUT2D eigenvalue weighted by Crippen LogP contribution is 2.19. The Bertz CT molecular complexity index is 301. The van der Waals surface area contributed by atoms with Crippen LogP contribution in [0, 0.1) is 0 Å². The minimum absolute atomic E-state index is 0.303. The normalized spacial score (nSPS) is 10.4. The second kappa shape index (κ2) is 5.00. The number of nitrogens with one attached hydrogen (secondary N) is 2. The van der Waals surface area contributed by atoms with Crippen LogP contribution in [-0.2, 0) is 0 Å². The predicted octanol–water partition coefficient (Wildman–Crippen LogP) is 2.38. The van der Waals surface area contributed by atoms with Gasteiger partial charge in [-0.2, -0.15) is 4.98 Å². The smallest absolute Gasteiger partial charge is 0.224 e. The zero-order valence-electron chi connectivity index (χ0n) is 8.63. The summed E-state index contributed by atoms with van der Waals surface area (Å²) in [6, 6.07) is 0.303. The summed E-state index contributed by atoms with van der Waals surface area (Å²) in [7, 11) is 0. The minimum atomic E-state index is 0.303. The fourth-order valence-corrected chi connectivity index (χ4v) is 1.13. The molecule has 0 spiro atoms. The average molecular weight is 215 g/mol. The molecule has 1 heterocycles. The van der Waals surface area contributed by atoms with Gasteiger partial charge in [-0.1, -0.05) is 11.6 Å². The lowest BCUT2D eigenvalue weighted by molar-refractivity contribution is 0.886. The SMILES string of the molecule is CCNc1ncc(Cl)c(NC(C)C)n1. The van der Waals surface area contributed by atoms with Crippen LogP contribution in [0.3, 0.4) is 0 Å². The first kappa shape index (κ1) is 11.0. The molecule has 5 heteroatoms. The Morgan fingerprint density at radius 3 is 2.79 bits per heavy atom. The topological polar surface area (TPSA) is 49.8 Å². The molecule has 1 aromatic heterocycles. The molecule has 0 unspecified atom stereocenters. The fraction of sp³-hybridized carbons (Fsp3) is 0.556. The lowest BCUT2D eigenvalue weighted by atomic mass is 10.4. The van der Waals surface area contributed by atoms with Crippen LogP contribution in [0.1, 0.15) is 20.8 Å². The number of hydrogen-bond acceptors (Lipinski definition) is 4. The van der Waals surface area contributed by atoms with Gasteiger partial charge in [-0.05, 0) is 20.8 Å². The Kier molecular flexibility index (Phi) is 3.95. The van der Waals surface area contributed by atoms with Gasteiger partial charge in [-0.3, -0.25) is 0 Å². The average Bonchev–Trinajstić information content (AvgIpc) is 2.10. The highest BCUT2D eigenvalue weighted by molar-refractivity contribution is 6.32. The first-order valence-corrected chi connectivity index (χ1v) is 5.04. The minimum Gasteiger partial charge on any atom is -0.366 e. The number of aromatic nitrogens is 2. The molecule has 0 fully saturated rings. The van der Waals surface area contributed by atoms with Crippen molar-refractivity contribution in [3.05, 3.63) is 11.2 Å². The second-order valence-electron chi connectivity index (χ2n) is 3.22. The zero-order chi connectivity index (χ0) is 10.6. The van der Waals surface area contributed by atoms with Gasteiger partial charge in [-0.15, -0.1) is 0 Å². The van der Waals surface area contributed by atoms with Crippen LogP contribution in [0.25, 0.3) is 0 Å². The molecule has 0 aliphatic rings. The third kappa shape index (κ3) is 3.03. The van der Waals surface area contributed by atoms with Crippen LogP contribution >= 0.6 is 11.6 Å². The van der Waals surface area contributed by atoms with E-state index in [2.05, 4.69) is 20.6 Å². The quantitative estimate of drug-likeness (QED) is 0.808. The number of halogens is 1. The van der Waals surface area contributed by atoms with Crippen molar-refractivity contribution in [3.8, 4) is 0 Å². The van der Waals surface area contributed by atoms with Crippen molar-refractivity contribution < 1.29 is 0 Å². The first-order chi connectivity index (χ1) is 6.63. The predicted molar refractivity (Wildman–Crippen MR) is 60.0 cm³/mol. The lowest BCUT2D eigenvalue weighted by Crippen LogP contribution is -2.13. The van der Waals surface area contributed by atoms with E-state index < -0.39 is 0 Å². The van der Waals surface area contributed by atoms with Crippen LogP contribution in [0.4, 0.5) is 11.8 Å². The molecule has 78 valence electrons. The van der Waals surface area contributed by atoms with Crippen molar-refractivity contribution in [3.63, 3.8) is 0 Å². The maximum absolute atomic E-state index is 5.93. The summed E-state index contributed by atoms with van der Waals surface area (Å²) in [6.45, 7) is 6.85. The van der Waals surface area contributed by atoms with E-state index >= 15 is 0 Å². The number of nitrogens with zero attached hydrogens (tertiary/aromatic N) is 2. The van der Waals surface area contributed by atoms with Crippen molar-refractivity contribution in [1.29, 1.82) is 0 Å². The number of rotatable bonds is 4. The monoisotopic (exact) mass is 214 g/mol. The molecule has 0 aromatic carbocycles. The van der Waals surface area contributed by atoms with Gasteiger partial charge in [0, 0.05) is 12.6 Å². The molecule has 2 N–H and O–H groups in total. The van der Waals surface area contributed by atoms with Crippen LogP contribution < -0.4 is 10.6 Å². The van der Waals surface area contributed by atoms with Gasteiger partial charge >= 0.3 is 0 Å². The summed E-state index contributed by atoms with van der Waals surface area (Å²) in [4.78, 5) is 8.28. The highest BCUT2D eigenvalue weighted by atomic mass is 35.5. The van der Waals surface area contributed by atoms with Crippen molar-refractivity contribution >= 4 is 23.4 Å². The molecule has 0 radical (unpaired) electrons. The highest BCUT2D eigenvalue weighted by Gasteiger charge is 2.05. The van der Waals surface area contributed by atoms with Crippen LogP contribution in [0.2, 0.25) is 5.02 Å². The third-order valence-corrected chi connectivity index (χ3v) is 1.78. The summed E-state index contributed by atoms with van der Waals surface area (Å²) >= 11 is 5.93. The van der Waals surface area contributed by atoms with E-state index in [0.717, 1.165) is 6.54 Å².